The lowest BCUT2D eigenvalue weighted by molar-refractivity contribution is -0.148. The van der Waals surface area contributed by atoms with Crippen LogP contribution in [0.2, 0.25) is 0 Å². The topological polar surface area (TPSA) is 40.5 Å². The van der Waals surface area contributed by atoms with Crippen molar-refractivity contribution in [3.8, 4) is 0 Å². The highest BCUT2D eigenvalue weighted by atomic mass is 19.1. The summed E-state index contributed by atoms with van der Waals surface area (Å²) in [5, 5.41) is 9.10. The summed E-state index contributed by atoms with van der Waals surface area (Å²) in [7, 11) is 1.75. The molecule has 0 saturated heterocycles. The molecule has 0 bridgehead atoms. The molecule has 0 aliphatic carbocycles. The maximum absolute atomic E-state index is 12.9. The minimum atomic E-state index is -0.944. The largest absolute Gasteiger partial charge is 0.480 e. The van der Waals surface area contributed by atoms with Crippen LogP contribution in [-0.2, 0) is 11.3 Å². The Hall–Kier alpha value is -1.42. The predicted octanol–water partition coefficient (Wildman–Crippen LogP) is 2.43. The first-order valence-electron chi connectivity index (χ1n) is 5.45. The summed E-state index contributed by atoms with van der Waals surface area (Å²) >= 11 is 0. The number of hydrogen-bond donors (Lipinski definition) is 1. The van der Waals surface area contributed by atoms with E-state index in [4.69, 9.17) is 5.11 Å². The van der Waals surface area contributed by atoms with Gasteiger partial charge in [0.15, 0.2) is 0 Å². The Balaban J connectivity index is 2.88. The molecule has 1 aromatic rings. The van der Waals surface area contributed by atoms with Gasteiger partial charge in [-0.05, 0) is 51.1 Å². The molecule has 0 aliphatic heterocycles. The molecule has 94 valence electrons. The van der Waals surface area contributed by atoms with E-state index in [0.717, 1.165) is 11.1 Å². The number of carboxylic acid groups (broad SMARTS) is 1. The van der Waals surface area contributed by atoms with E-state index in [0.29, 0.717) is 6.54 Å². The van der Waals surface area contributed by atoms with Crippen LogP contribution in [0.1, 0.15) is 25.0 Å². The first-order chi connectivity index (χ1) is 7.75. The van der Waals surface area contributed by atoms with Crippen LogP contribution in [0.4, 0.5) is 4.39 Å². The summed E-state index contributed by atoms with van der Waals surface area (Å²) in [5.74, 6) is -1.15. The quantitative estimate of drug-likeness (QED) is 0.877. The molecule has 0 radical (unpaired) electrons. The van der Waals surface area contributed by atoms with Crippen molar-refractivity contribution in [2.45, 2.75) is 32.9 Å². The second-order valence-electron chi connectivity index (χ2n) is 4.79. The first kappa shape index (κ1) is 13.6. The summed E-state index contributed by atoms with van der Waals surface area (Å²) < 4.78 is 12.9. The van der Waals surface area contributed by atoms with E-state index in [9.17, 15) is 9.18 Å². The highest BCUT2D eigenvalue weighted by Crippen LogP contribution is 2.18. The van der Waals surface area contributed by atoms with Gasteiger partial charge in [0.25, 0.3) is 0 Å². The Morgan fingerprint density at radius 2 is 2.06 bits per heavy atom. The fourth-order valence-electron chi connectivity index (χ4n) is 1.45. The standard InChI is InChI=1S/C13H18FNO2/c1-9-7-11(14)6-5-10(9)8-15(4)13(2,3)12(16)17/h5-7H,8H2,1-4H3,(H,16,17). The zero-order valence-corrected chi connectivity index (χ0v) is 10.6. The molecular formula is C13H18FNO2. The van der Waals surface area contributed by atoms with Crippen LogP contribution in [0.25, 0.3) is 0 Å². The van der Waals surface area contributed by atoms with Gasteiger partial charge in [-0.25, -0.2) is 4.39 Å². The van der Waals surface area contributed by atoms with Crippen LogP contribution in [0, 0.1) is 12.7 Å². The second-order valence-corrected chi connectivity index (χ2v) is 4.79. The van der Waals surface area contributed by atoms with E-state index in [-0.39, 0.29) is 5.82 Å². The van der Waals surface area contributed by atoms with Crippen LogP contribution in [0.5, 0.6) is 0 Å². The van der Waals surface area contributed by atoms with Crippen molar-refractivity contribution in [2.24, 2.45) is 0 Å². The number of hydrogen-bond acceptors (Lipinski definition) is 2. The number of halogens is 1. The van der Waals surface area contributed by atoms with Crippen molar-refractivity contribution in [3.05, 3.63) is 35.1 Å². The van der Waals surface area contributed by atoms with Crippen LogP contribution >= 0.6 is 0 Å². The van der Waals surface area contributed by atoms with E-state index in [1.807, 2.05) is 6.92 Å². The van der Waals surface area contributed by atoms with E-state index < -0.39 is 11.5 Å². The number of benzene rings is 1. The van der Waals surface area contributed by atoms with Gasteiger partial charge in [0.1, 0.15) is 11.4 Å². The molecule has 1 N–H and O–H groups in total. The Labute approximate surface area is 101 Å². The molecule has 0 aliphatic rings. The third-order valence-electron chi connectivity index (χ3n) is 3.19. The summed E-state index contributed by atoms with van der Waals surface area (Å²) in [6, 6.07) is 4.54. The lowest BCUT2D eigenvalue weighted by Crippen LogP contribution is -2.47. The average molecular weight is 239 g/mol. The highest BCUT2D eigenvalue weighted by molar-refractivity contribution is 5.77. The minimum Gasteiger partial charge on any atom is -0.480 e. The lowest BCUT2D eigenvalue weighted by Gasteiger charge is -2.31. The number of rotatable bonds is 4. The van der Waals surface area contributed by atoms with E-state index in [1.54, 1.807) is 31.9 Å². The summed E-state index contributed by atoms with van der Waals surface area (Å²) in [4.78, 5) is 12.8. The third-order valence-corrected chi connectivity index (χ3v) is 3.19. The van der Waals surface area contributed by atoms with Crippen molar-refractivity contribution in [1.29, 1.82) is 0 Å². The zero-order chi connectivity index (χ0) is 13.2. The van der Waals surface area contributed by atoms with Gasteiger partial charge in [-0.15, -0.1) is 0 Å². The van der Waals surface area contributed by atoms with Crippen LogP contribution in [0.15, 0.2) is 18.2 Å². The van der Waals surface area contributed by atoms with Gasteiger partial charge in [-0.3, -0.25) is 9.69 Å². The Bertz CT molecular complexity index is 429. The van der Waals surface area contributed by atoms with Gasteiger partial charge in [0, 0.05) is 6.54 Å². The lowest BCUT2D eigenvalue weighted by atomic mass is 10.0. The molecule has 0 atom stereocenters. The monoisotopic (exact) mass is 239 g/mol. The minimum absolute atomic E-state index is 0.272. The Morgan fingerprint density at radius 1 is 1.47 bits per heavy atom. The van der Waals surface area contributed by atoms with E-state index >= 15 is 0 Å². The normalized spacial score (nSPS) is 11.9. The van der Waals surface area contributed by atoms with Crippen molar-refractivity contribution in [3.63, 3.8) is 0 Å². The molecule has 1 rings (SSSR count). The number of aliphatic carboxylic acids is 1. The van der Waals surface area contributed by atoms with Gasteiger partial charge in [0.05, 0.1) is 0 Å². The van der Waals surface area contributed by atoms with Crippen molar-refractivity contribution >= 4 is 5.97 Å². The van der Waals surface area contributed by atoms with Crippen molar-refractivity contribution < 1.29 is 14.3 Å². The number of carbonyl (C=O) groups is 1. The van der Waals surface area contributed by atoms with Crippen LogP contribution < -0.4 is 0 Å². The number of aryl methyl sites for hydroxylation is 1. The maximum atomic E-state index is 12.9. The number of carboxylic acids is 1. The molecule has 0 saturated carbocycles. The molecule has 1 aromatic carbocycles. The number of likely N-dealkylation sites (N-methyl/N-ethyl adjacent to an activating group) is 1. The smallest absolute Gasteiger partial charge is 0.323 e. The molecule has 4 heteroatoms. The molecule has 0 unspecified atom stereocenters. The van der Waals surface area contributed by atoms with Crippen molar-refractivity contribution in [2.75, 3.05) is 7.05 Å². The fraction of sp³-hybridized carbons (Fsp3) is 0.462. The molecule has 0 spiro atoms. The molecule has 0 fully saturated rings. The van der Waals surface area contributed by atoms with Crippen LogP contribution in [0.3, 0.4) is 0 Å². The SMILES string of the molecule is Cc1cc(F)ccc1CN(C)C(C)(C)C(=O)O. The Kier molecular flexibility index (Phi) is 3.88. The molecule has 3 nitrogen and oxygen atoms in total. The van der Waals surface area contributed by atoms with E-state index in [1.165, 1.54) is 12.1 Å². The van der Waals surface area contributed by atoms with Gasteiger partial charge in [0.2, 0.25) is 0 Å². The maximum Gasteiger partial charge on any atom is 0.323 e. The van der Waals surface area contributed by atoms with Gasteiger partial charge >= 0.3 is 5.97 Å². The fourth-order valence-corrected chi connectivity index (χ4v) is 1.45. The first-order valence-corrected chi connectivity index (χ1v) is 5.45. The molecule has 0 amide bonds. The van der Waals surface area contributed by atoms with E-state index in [2.05, 4.69) is 0 Å². The highest BCUT2D eigenvalue weighted by Gasteiger charge is 2.31. The Morgan fingerprint density at radius 3 is 2.53 bits per heavy atom. The zero-order valence-electron chi connectivity index (χ0n) is 10.6. The average Bonchev–Trinajstić information content (AvgIpc) is 2.21. The summed E-state index contributed by atoms with van der Waals surface area (Å²) in [6.07, 6.45) is 0. The van der Waals surface area contributed by atoms with Crippen molar-refractivity contribution in [1.82, 2.24) is 4.90 Å². The molecule has 0 heterocycles. The predicted molar refractivity (Wildman–Crippen MR) is 64.3 cm³/mol. The van der Waals surface area contributed by atoms with Crippen LogP contribution in [-0.4, -0.2) is 28.6 Å². The third kappa shape index (κ3) is 3.03. The molecule has 0 aromatic heterocycles. The van der Waals surface area contributed by atoms with Gasteiger partial charge in [-0.2, -0.15) is 0 Å². The summed E-state index contributed by atoms with van der Waals surface area (Å²) in [6.45, 7) is 5.59. The molecular weight excluding hydrogens is 221 g/mol. The number of nitrogens with zero attached hydrogens (tertiary/aromatic N) is 1. The second kappa shape index (κ2) is 4.84. The summed E-state index contributed by atoms with van der Waals surface area (Å²) in [5.41, 5.74) is 0.821. The van der Waals surface area contributed by atoms with Gasteiger partial charge in [-0.1, -0.05) is 6.07 Å². The van der Waals surface area contributed by atoms with Gasteiger partial charge < -0.3 is 5.11 Å². The molecule has 17 heavy (non-hydrogen) atoms.